The van der Waals surface area contributed by atoms with Gasteiger partial charge in [0, 0.05) is 24.6 Å². The summed E-state index contributed by atoms with van der Waals surface area (Å²) in [4.78, 5) is 29.5. The minimum atomic E-state index is -0.904. The molecule has 0 radical (unpaired) electrons. The number of amides is 1. The van der Waals surface area contributed by atoms with Crippen LogP contribution in [0.1, 0.15) is 19.8 Å². The molecule has 1 aromatic heterocycles. The van der Waals surface area contributed by atoms with Crippen molar-refractivity contribution in [3.05, 3.63) is 36.7 Å². The molecule has 1 heterocycles. The van der Waals surface area contributed by atoms with E-state index in [2.05, 4.69) is 4.98 Å². The molecule has 1 aromatic rings. The Hall–Kier alpha value is -2.17. The van der Waals surface area contributed by atoms with Crippen LogP contribution in [0.25, 0.3) is 0 Å². The Labute approximate surface area is 117 Å². The number of rotatable bonds is 4. The average molecular weight is 274 g/mol. The number of carboxylic acid groups (broad SMARTS) is 1. The van der Waals surface area contributed by atoms with Crippen molar-refractivity contribution in [3.63, 3.8) is 0 Å². The second-order valence-electron chi connectivity index (χ2n) is 4.78. The maximum absolute atomic E-state index is 12.7. The van der Waals surface area contributed by atoms with Crippen molar-refractivity contribution < 1.29 is 14.7 Å². The highest BCUT2D eigenvalue weighted by Crippen LogP contribution is 2.29. The number of allylic oxidation sites excluding steroid dienone is 2. The Morgan fingerprint density at radius 1 is 1.25 bits per heavy atom. The van der Waals surface area contributed by atoms with E-state index in [0.29, 0.717) is 19.4 Å². The molecule has 20 heavy (non-hydrogen) atoms. The summed E-state index contributed by atoms with van der Waals surface area (Å²) in [6.07, 6.45) is 7.88. The maximum atomic E-state index is 12.7. The monoisotopic (exact) mass is 274 g/mol. The molecule has 1 aliphatic rings. The fraction of sp³-hybridized carbons (Fsp3) is 0.400. The van der Waals surface area contributed by atoms with E-state index in [-0.39, 0.29) is 5.91 Å². The van der Waals surface area contributed by atoms with Gasteiger partial charge in [-0.3, -0.25) is 14.6 Å². The number of carbonyl (C=O) groups excluding carboxylic acids is 1. The standard InChI is InChI=1S/C15H18N2O3/c1-2-17(11-7-9-16-10-8-11)14(18)12-5-3-4-6-13(12)15(19)20/h3-4,7-10,12-13H,2,5-6H2,1H3,(H,19,20). The second-order valence-corrected chi connectivity index (χ2v) is 4.78. The fourth-order valence-electron chi connectivity index (χ4n) is 2.55. The van der Waals surface area contributed by atoms with E-state index >= 15 is 0 Å². The molecule has 1 N–H and O–H groups in total. The fourth-order valence-corrected chi connectivity index (χ4v) is 2.55. The molecule has 1 amide bonds. The third kappa shape index (κ3) is 2.87. The van der Waals surface area contributed by atoms with Crippen LogP contribution in [0.2, 0.25) is 0 Å². The van der Waals surface area contributed by atoms with Gasteiger partial charge in [-0.2, -0.15) is 0 Å². The SMILES string of the molecule is CCN(C(=O)C1CC=CCC1C(=O)O)c1ccncc1. The van der Waals surface area contributed by atoms with Crippen molar-refractivity contribution in [1.29, 1.82) is 0 Å². The first kappa shape index (κ1) is 14.2. The largest absolute Gasteiger partial charge is 0.481 e. The Bertz CT molecular complexity index is 513. The van der Waals surface area contributed by atoms with Crippen LogP contribution in [0.5, 0.6) is 0 Å². The lowest BCUT2D eigenvalue weighted by Gasteiger charge is -2.30. The summed E-state index contributed by atoms with van der Waals surface area (Å²) in [7, 11) is 0. The summed E-state index contributed by atoms with van der Waals surface area (Å²) < 4.78 is 0. The molecular weight excluding hydrogens is 256 g/mol. The van der Waals surface area contributed by atoms with Gasteiger partial charge in [0.1, 0.15) is 0 Å². The van der Waals surface area contributed by atoms with E-state index in [9.17, 15) is 14.7 Å². The first-order valence-electron chi connectivity index (χ1n) is 6.74. The van der Waals surface area contributed by atoms with Crippen molar-refractivity contribution in [2.45, 2.75) is 19.8 Å². The van der Waals surface area contributed by atoms with E-state index in [1.807, 2.05) is 19.1 Å². The summed E-state index contributed by atoms with van der Waals surface area (Å²) in [6, 6.07) is 3.52. The molecule has 2 atom stereocenters. The zero-order chi connectivity index (χ0) is 14.5. The molecule has 106 valence electrons. The van der Waals surface area contributed by atoms with Crippen molar-refractivity contribution >= 4 is 17.6 Å². The smallest absolute Gasteiger partial charge is 0.307 e. The van der Waals surface area contributed by atoms with Crippen LogP contribution in [-0.2, 0) is 9.59 Å². The number of hydrogen-bond donors (Lipinski definition) is 1. The molecule has 0 aromatic carbocycles. The third-order valence-electron chi connectivity index (χ3n) is 3.62. The van der Waals surface area contributed by atoms with E-state index in [1.165, 1.54) is 0 Å². The van der Waals surface area contributed by atoms with Gasteiger partial charge in [-0.05, 0) is 31.9 Å². The zero-order valence-corrected chi connectivity index (χ0v) is 11.4. The van der Waals surface area contributed by atoms with Gasteiger partial charge in [0.05, 0.1) is 11.8 Å². The number of hydrogen-bond acceptors (Lipinski definition) is 3. The number of aromatic nitrogens is 1. The van der Waals surface area contributed by atoms with Crippen molar-refractivity contribution in [1.82, 2.24) is 4.98 Å². The molecule has 0 saturated heterocycles. The van der Waals surface area contributed by atoms with E-state index < -0.39 is 17.8 Å². The Morgan fingerprint density at radius 3 is 2.40 bits per heavy atom. The van der Waals surface area contributed by atoms with Crippen LogP contribution in [0.4, 0.5) is 5.69 Å². The molecule has 0 bridgehead atoms. The quantitative estimate of drug-likeness (QED) is 0.854. The number of carboxylic acids is 1. The lowest BCUT2D eigenvalue weighted by atomic mass is 9.82. The number of pyridine rings is 1. The van der Waals surface area contributed by atoms with E-state index in [0.717, 1.165) is 5.69 Å². The molecular formula is C15H18N2O3. The average Bonchev–Trinajstić information content (AvgIpc) is 2.49. The van der Waals surface area contributed by atoms with Gasteiger partial charge >= 0.3 is 5.97 Å². The minimum absolute atomic E-state index is 0.129. The minimum Gasteiger partial charge on any atom is -0.481 e. The Balaban J connectivity index is 2.24. The van der Waals surface area contributed by atoms with Gasteiger partial charge < -0.3 is 10.0 Å². The van der Waals surface area contributed by atoms with Crippen LogP contribution in [0.15, 0.2) is 36.7 Å². The molecule has 5 heteroatoms. The number of aliphatic carboxylic acids is 1. The maximum Gasteiger partial charge on any atom is 0.307 e. The lowest BCUT2D eigenvalue weighted by Crippen LogP contribution is -2.42. The highest BCUT2D eigenvalue weighted by molar-refractivity contribution is 5.97. The van der Waals surface area contributed by atoms with E-state index in [4.69, 9.17) is 0 Å². The molecule has 5 nitrogen and oxygen atoms in total. The van der Waals surface area contributed by atoms with Gasteiger partial charge in [0.15, 0.2) is 0 Å². The van der Waals surface area contributed by atoms with Gasteiger partial charge in [0.25, 0.3) is 0 Å². The van der Waals surface area contributed by atoms with E-state index in [1.54, 1.807) is 29.4 Å². The highest BCUT2D eigenvalue weighted by Gasteiger charge is 2.36. The number of nitrogens with zero attached hydrogens (tertiary/aromatic N) is 2. The van der Waals surface area contributed by atoms with Crippen LogP contribution in [0.3, 0.4) is 0 Å². The van der Waals surface area contributed by atoms with Crippen LogP contribution >= 0.6 is 0 Å². The van der Waals surface area contributed by atoms with Gasteiger partial charge in [0.2, 0.25) is 5.91 Å². The molecule has 0 saturated carbocycles. The molecule has 0 fully saturated rings. The van der Waals surface area contributed by atoms with Crippen molar-refractivity contribution in [2.75, 3.05) is 11.4 Å². The predicted octanol–water partition coefficient (Wildman–Crippen LogP) is 2.10. The number of anilines is 1. The molecule has 1 aliphatic carbocycles. The first-order valence-corrected chi connectivity index (χ1v) is 6.74. The van der Waals surface area contributed by atoms with Crippen LogP contribution in [0, 0.1) is 11.8 Å². The van der Waals surface area contributed by atoms with Crippen LogP contribution < -0.4 is 4.90 Å². The number of carbonyl (C=O) groups is 2. The molecule has 2 rings (SSSR count). The van der Waals surface area contributed by atoms with Crippen LogP contribution in [-0.4, -0.2) is 28.5 Å². The highest BCUT2D eigenvalue weighted by atomic mass is 16.4. The third-order valence-corrected chi connectivity index (χ3v) is 3.62. The Kier molecular flexibility index (Phi) is 4.50. The van der Waals surface area contributed by atoms with Gasteiger partial charge in [-0.25, -0.2) is 0 Å². The van der Waals surface area contributed by atoms with Gasteiger partial charge in [-0.1, -0.05) is 12.2 Å². The summed E-state index contributed by atoms with van der Waals surface area (Å²) in [5.74, 6) is -2.16. The predicted molar refractivity (Wildman–Crippen MR) is 75.3 cm³/mol. The Morgan fingerprint density at radius 2 is 1.85 bits per heavy atom. The van der Waals surface area contributed by atoms with Crippen molar-refractivity contribution in [2.24, 2.45) is 11.8 Å². The topological polar surface area (TPSA) is 70.5 Å². The molecule has 0 spiro atoms. The summed E-state index contributed by atoms with van der Waals surface area (Å²) in [5, 5.41) is 9.27. The molecule has 2 unspecified atom stereocenters. The first-order chi connectivity index (χ1) is 9.65. The summed E-state index contributed by atoms with van der Waals surface area (Å²) >= 11 is 0. The van der Waals surface area contributed by atoms with Crippen molar-refractivity contribution in [3.8, 4) is 0 Å². The second kappa shape index (κ2) is 6.32. The zero-order valence-electron chi connectivity index (χ0n) is 11.4. The summed E-state index contributed by atoms with van der Waals surface area (Å²) in [6.45, 7) is 2.39. The lowest BCUT2D eigenvalue weighted by molar-refractivity contribution is -0.146. The normalized spacial score (nSPS) is 21.4. The molecule has 0 aliphatic heterocycles. The summed E-state index contributed by atoms with van der Waals surface area (Å²) in [5.41, 5.74) is 0.756. The van der Waals surface area contributed by atoms with Gasteiger partial charge in [-0.15, -0.1) is 0 Å².